The van der Waals surface area contributed by atoms with Crippen molar-refractivity contribution in [3.8, 4) is 17.2 Å². The quantitative estimate of drug-likeness (QED) is 0.451. The summed E-state index contributed by atoms with van der Waals surface area (Å²) in [5.41, 5.74) is 1.37. The summed E-state index contributed by atoms with van der Waals surface area (Å²) in [6, 6.07) is 11.4. The number of carbonyl (C=O) groups is 2. The molecule has 0 spiro atoms. The van der Waals surface area contributed by atoms with Gasteiger partial charge in [-0.1, -0.05) is 0 Å². The van der Waals surface area contributed by atoms with Crippen molar-refractivity contribution in [1.29, 1.82) is 0 Å². The first-order chi connectivity index (χ1) is 14.5. The van der Waals surface area contributed by atoms with Crippen molar-refractivity contribution in [2.24, 2.45) is 7.05 Å². The van der Waals surface area contributed by atoms with Gasteiger partial charge in [0, 0.05) is 18.9 Å². The molecule has 0 saturated heterocycles. The number of aromatic nitrogens is 2. The summed E-state index contributed by atoms with van der Waals surface area (Å²) in [5.74, 6) is 0.620. The molecule has 1 aromatic heterocycles. The van der Waals surface area contributed by atoms with Crippen LogP contribution in [0.2, 0.25) is 0 Å². The molecule has 0 unspecified atom stereocenters. The largest absolute Gasteiger partial charge is 0.490 e. The Kier molecular flexibility index (Phi) is 6.69. The van der Waals surface area contributed by atoms with Crippen LogP contribution >= 0.6 is 0 Å². The van der Waals surface area contributed by atoms with Crippen LogP contribution in [0, 0.1) is 0 Å². The Morgan fingerprint density at radius 3 is 2.30 bits per heavy atom. The molecule has 8 heteroatoms. The molecule has 3 rings (SSSR count). The Hall–Kier alpha value is -3.81. The van der Waals surface area contributed by atoms with Crippen LogP contribution in [0.5, 0.6) is 17.2 Å². The predicted molar refractivity (Wildman–Crippen MR) is 111 cm³/mol. The van der Waals surface area contributed by atoms with Gasteiger partial charge in [0.25, 0.3) is 5.91 Å². The van der Waals surface area contributed by atoms with E-state index in [1.807, 2.05) is 13.8 Å². The second-order valence-electron chi connectivity index (χ2n) is 6.30. The number of anilines is 1. The number of hydrogen-bond donors (Lipinski definition) is 1. The molecule has 0 atom stereocenters. The van der Waals surface area contributed by atoms with E-state index in [1.54, 1.807) is 60.4 Å². The summed E-state index contributed by atoms with van der Waals surface area (Å²) in [4.78, 5) is 24.7. The molecule has 1 amide bonds. The van der Waals surface area contributed by atoms with Gasteiger partial charge in [0.15, 0.2) is 11.5 Å². The maximum atomic E-state index is 12.5. The van der Waals surface area contributed by atoms with Gasteiger partial charge in [-0.05, 0) is 56.3 Å². The number of esters is 1. The van der Waals surface area contributed by atoms with E-state index < -0.39 is 5.97 Å². The summed E-state index contributed by atoms with van der Waals surface area (Å²) in [7, 11) is 1.74. The highest BCUT2D eigenvalue weighted by molar-refractivity contribution is 6.04. The predicted octanol–water partition coefficient (Wildman–Crippen LogP) is 3.69. The molecule has 1 heterocycles. The highest BCUT2D eigenvalue weighted by atomic mass is 16.5. The summed E-state index contributed by atoms with van der Waals surface area (Å²) in [6.07, 6.45) is 3.11. The van der Waals surface area contributed by atoms with Gasteiger partial charge in [-0.25, -0.2) is 4.79 Å². The summed E-state index contributed by atoms with van der Waals surface area (Å²) < 4.78 is 18.0. The lowest BCUT2D eigenvalue weighted by atomic mass is 10.2. The van der Waals surface area contributed by atoms with Gasteiger partial charge in [-0.15, -0.1) is 0 Å². The number of benzene rings is 2. The number of ether oxygens (including phenoxy) is 3. The molecule has 1 N–H and O–H groups in total. The van der Waals surface area contributed by atoms with Crippen LogP contribution in [0.15, 0.2) is 54.9 Å². The van der Waals surface area contributed by atoms with Crippen LogP contribution in [-0.2, 0) is 7.05 Å². The topological polar surface area (TPSA) is 91.7 Å². The molecule has 0 bridgehead atoms. The SMILES string of the molecule is CCOc1ccc(C(=O)Oc2ccc(NC(=O)c3cnn(C)c3)cc2)cc1OCC. The van der Waals surface area contributed by atoms with Crippen molar-refractivity contribution in [3.63, 3.8) is 0 Å². The number of hydrogen-bond acceptors (Lipinski definition) is 6. The number of carbonyl (C=O) groups excluding carboxylic acids is 2. The lowest BCUT2D eigenvalue weighted by Crippen LogP contribution is -2.11. The third-order valence-electron chi connectivity index (χ3n) is 4.07. The van der Waals surface area contributed by atoms with E-state index in [0.29, 0.717) is 47.3 Å². The summed E-state index contributed by atoms with van der Waals surface area (Å²) in [5, 5.41) is 6.73. The average Bonchev–Trinajstić information content (AvgIpc) is 3.17. The number of nitrogens with zero attached hydrogens (tertiary/aromatic N) is 2. The summed E-state index contributed by atoms with van der Waals surface area (Å²) >= 11 is 0. The smallest absolute Gasteiger partial charge is 0.343 e. The fraction of sp³-hybridized carbons (Fsp3) is 0.227. The second kappa shape index (κ2) is 9.60. The van der Waals surface area contributed by atoms with Crippen molar-refractivity contribution < 1.29 is 23.8 Å². The van der Waals surface area contributed by atoms with Gasteiger partial charge in [0.2, 0.25) is 0 Å². The molecule has 30 heavy (non-hydrogen) atoms. The zero-order chi connectivity index (χ0) is 21.5. The van der Waals surface area contributed by atoms with Crippen LogP contribution in [0.3, 0.4) is 0 Å². The lowest BCUT2D eigenvalue weighted by Gasteiger charge is -2.12. The highest BCUT2D eigenvalue weighted by Crippen LogP contribution is 2.29. The van der Waals surface area contributed by atoms with E-state index in [4.69, 9.17) is 14.2 Å². The molecular formula is C22H23N3O5. The minimum atomic E-state index is -0.522. The highest BCUT2D eigenvalue weighted by Gasteiger charge is 2.14. The zero-order valence-corrected chi connectivity index (χ0v) is 17.0. The van der Waals surface area contributed by atoms with Gasteiger partial charge in [0.05, 0.1) is 30.5 Å². The van der Waals surface area contributed by atoms with Gasteiger partial charge in [-0.3, -0.25) is 9.48 Å². The van der Waals surface area contributed by atoms with Crippen molar-refractivity contribution in [3.05, 3.63) is 66.0 Å². The first-order valence-corrected chi connectivity index (χ1v) is 9.52. The van der Waals surface area contributed by atoms with Gasteiger partial charge >= 0.3 is 5.97 Å². The lowest BCUT2D eigenvalue weighted by molar-refractivity contribution is 0.0734. The van der Waals surface area contributed by atoms with Crippen LogP contribution < -0.4 is 19.5 Å². The van der Waals surface area contributed by atoms with E-state index in [-0.39, 0.29) is 5.91 Å². The number of amides is 1. The minimum Gasteiger partial charge on any atom is -0.490 e. The number of aryl methyl sites for hydroxylation is 1. The van der Waals surface area contributed by atoms with Gasteiger partial charge in [-0.2, -0.15) is 5.10 Å². The molecule has 0 fully saturated rings. The van der Waals surface area contributed by atoms with Crippen LogP contribution in [-0.4, -0.2) is 34.9 Å². The fourth-order valence-corrected chi connectivity index (χ4v) is 2.69. The number of rotatable bonds is 8. The third-order valence-corrected chi connectivity index (χ3v) is 4.07. The average molecular weight is 409 g/mol. The first kappa shape index (κ1) is 20.9. The van der Waals surface area contributed by atoms with Gasteiger partial charge in [0.1, 0.15) is 5.75 Å². The maximum Gasteiger partial charge on any atom is 0.343 e. The van der Waals surface area contributed by atoms with Crippen molar-refractivity contribution >= 4 is 17.6 Å². The Balaban J connectivity index is 1.65. The van der Waals surface area contributed by atoms with E-state index in [1.165, 1.54) is 6.20 Å². The van der Waals surface area contributed by atoms with Crippen LogP contribution in [0.1, 0.15) is 34.6 Å². The monoisotopic (exact) mass is 409 g/mol. The molecule has 8 nitrogen and oxygen atoms in total. The molecule has 0 aliphatic carbocycles. The Morgan fingerprint density at radius 2 is 1.67 bits per heavy atom. The standard InChI is InChI=1S/C22H23N3O5/c1-4-28-19-11-6-15(12-20(19)29-5-2)22(27)30-18-9-7-17(8-10-18)24-21(26)16-13-23-25(3)14-16/h6-14H,4-5H2,1-3H3,(H,24,26). The van der Waals surface area contributed by atoms with E-state index in [2.05, 4.69) is 10.4 Å². The zero-order valence-electron chi connectivity index (χ0n) is 17.0. The van der Waals surface area contributed by atoms with Crippen LogP contribution in [0.25, 0.3) is 0 Å². The summed E-state index contributed by atoms with van der Waals surface area (Å²) in [6.45, 7) is 4.68. The maximum absolute atomic E-state index is 12.5. The van der Waals surface area contributed by atoms with Crippen LogP contribution in [0.4, 0.5) is 5.69 Å². The first-order valence-electron chi connectivity index (χ1n) is 9.52. The van der Waals surface area contributed by atoms with E-state index in [9.17, 15) is 9.59 Å². The van der Waals surface area contributed by atoms with E-state index in [0.717, 1.165) is 0 Å². The molecule has 3 aromatic rings. The second-order valence-corrected chi connectivity index (χ2v) is 6.30. The normalized spacial score (nSPS) is 10.4. The molecule has 0 aliphatic heterocycles. The molecule has 0 aliphatic rings. The third kappa shape index (κ3) is 5.16. The minimum absolute atomic E-state index is 0.273. The Labute approximate surface area is 174 Å². The van der Waals surface area contributed by atoms with Crippen molar-refractivity contribution in [2.45, 2.75) is 13.8 Å². The molecular weight excluding hydrogens is 386 g/mol. The Morgan fingerprint density at radius 1 is 0.967 bits per heavy atom. The van der Waals surface area contributed by atoms with Gasteiger partial charge < -0.3 is 19.5 Å². The van der Waals surface area contributed by atoms with Crippen molar-refractivity contribution in [2.75, 3.05) is 18.5 Å². The van der Waals surface area contributed by atoms with E-state index >= 15 is 0 Å². The fourth-order valence-electron chi connectivity index (χ4n) is 2.69. The van der Waals surface area contributed by atoms with Crippen molar-refractivity contribution in [1.82, 2.24) is 9.78 Å². The molecule has 2 aromatic carbocycles. The molecule has 156 valence electrons. The number of nitrogens with one attached hydrogen (secondary N) is 1. The Bertz CT molecular complexity index is 1030. The molecule has 0 saturated carbocycles. The molecule has 0 radical (unpaired) electrons.